The van der Waals surface area contributed by atoms with Gasteiger partial charge in [0.15, 0.2) is 0 Å². The van der Waals surface area contributed by atoms with Crippen LogP contribution >= 0.6 is 43.5 Å². The van der Waals surface area contributed by atoms with E-state index in [1.165, 1.54) is 42.6 Å². The number of quaternary nitrogens is 1. The Bertz CT molecular complexity index is 965. The zero-order valence-electron chi connectivity index (χ0n) is 21.0. The van der Waals surface area contributed by atoms with Gasteiger partial charge < -0.3 is 15.5 Å². The van der Waals surface area contributed by atoms with Crippen LogP contribution in [0, 0.1) is 11.8 Å². The van der Waals surface area contributed by atoms with E-state index in [2.05, 4.69) is 71.8 Å². The molecule has 3 aliphatic heterocycles. The number of halogens is 3. The van der Waals surface area contributed by atoms with E-state index in [-0.39, 0.29) is 6.04 Å². The number of nitrogens with two attached hydrogens (primary N) is 1. The molecule has 1 amide bonds. The van der Waals surface area contributed by atoms with Gasteiger partial charge in [0, 0.05) is 45.6 Å². The van der Waals surface area contributed by atoms with Crippen molar-refractivity contribution in [2.24, 2.45) is 11.8 Å². The van der Waals surface area contributed by atoms with E-state index < -0.39 is 0 Å². The van der Waals surface area contributed by atoms with Gasteiger partial charge in [0.2, 0.25) is 5.91 Å². The Labute approximate surface area is 232 Å². The molecular formula is C28H39Br2ClN3O+. The first-order valence-electron chi connectivity index (χ1n) is 13.4. The Morgan fingerprint density at radius 3 is 2.54 bits per heavy atom. The van der Waals surface area contributed by atoms with Crippen LogP contribution in [0.25, 0.3) is 0 Å². The highest BCUT2D eigenvalue weighted by molar-refractivity contribution is 9.12. The molecule has 5 rings (SSSR count). The summed E-state index contributed by atoms with van der Waals surface area (Å²) in [6.45, 7) is 8.11. The molecule has 4 nitrogen and oxygen atoms in total. The second kappa shape index (κ2) is 12.6. The Balaban J connectivity index is 0.00000141. The number of carbonyl (C=O) groups is 1. The second-order valence-electron chi connectivity index (χ2n) is 10.1. The van der Waals surface area contributed by atoms with Crippen molar-refractivity contribution in [3.63, 3.8) is 0 Å². The first-order chi connectivity index (χ1) is 17.0. The molecule has 2 saturated heterocycles. The summed E-state index contributed by atoms with van der Waals surface area (Å²) < 4.78 is 2.23. The number of aryl methyl sites for hydroxylation is 1. The highest BCUT2D eigenvalue weighted by Gasteiger charge is 2.40. The molecule has 0 aromatic heterocycles. The smallest absolute Gasteiger partial charge is 0.222 e. The largest absolute Gasteiger partial charge is 0.383 e. The van der Waals surface area contributed by atoms with Crippen LogP contribution in [0.1, 0.15) is 69.4 Å². The lowest BCUT2D eigenvalue weighted by Crippen LogP contribution is -2.86. The zero-order valence-corrected chi connectivity index (χ0v) is 24.9. The number of nitrogens with one attached hydrogen (secondary N) is 1. The van der Waals surface area contributed by atoms with E-state index in [9.17, 15) is 4.79 Å². The van der Waals surface area contributed by atoms with Crippen LogP contribution < -0.4 is 10.6 Å². The third-order valence-corrected chi connectivity index (χ3v) is 9.43. The number of piperidine rings is 2. The number of nitrogens with zero attached hydrogens (tertiary/aromatic N) is 1. The summed E-state index contributed by atoms with van der Waals surface area (Å²) in [5.74, 6) is 1.85. The van der Waals surface area contributed by atoms with Crippen LogP contribution in [0.15, 0.2) is 38.9 Å². The molecule has 192 valence electrons. The topological polar surface area (TPSA) is 49.0 Å². The molecule has 2 fully saturated rings. The van der Waals surface area contributed by atoms with Crippen molar-refractivity contribution < 1.29 is 10.1 Å². The van der Waals surface area contributed by atoms with Gasteiger partial charge in [-0.05, 0) is 101 Å². The van der Waals surface area contributed by atoms with E-state index in [1.54, 1.807) is 0 Å². The summed E-state index contributed by atoms with van der Waals surface area (Å²) >= 11 is 14.0. The minimum Gasteiger partial charge on any atom is -0.383 e. The number of dihydropyridines is 1. The fourth-order valence-electron chi connectivity index (χ4n) is 6.40. The molecule has 7 heteroatoms. The van der Waals surface area contributed by atoms with Gasteiger partial charge in [0.1, 0.15) is 0 Å². The van der Waals surface area contributed by atoms with Gasteiger partial charge in [-0.1, -0.05) is 41.4 Å². The Kier molecular flexibility index (Phi) is 9.81. The molecule has 2 atom stereocenters. The molecule has 0 spiro atoms. The fourth-order valence-corrected chi connectivity index (χ4v) is 7.97. The minimum absolute atomic E-state index is 0.288. The van der Waals surface area contributed by atoms with Gasteiger partial charge >= 0.3 is 0 Å². The number of benzene rings is 1. The van der Waals surface area contributed by atoms with Gasteiger partial charge in [-0.3, -0.25) is 4.79 Å². The molecule has 1 aromatic rings. The van der Waals surface area contributed by atoms with Gasteiger partial charge in [0.25, 0.3) is 0 Å². The predicted molar refractivity (Wildman–Crippen MR) is 152 cm³/mol. The summed E-state index contributed by atoms with van der Waals surface area (Å²) in [4.78, 5) is 15.2. The lowest BCUT2D eigenvalue weighted by molar-refractivity contribution is -0.664. The van der Waals surface area contributed by atoms with Crippen molar-refractivity contribution in [3.05, 3.63) is 55.1 Å². The number of fused-ring (bicyclic) bond motifs is 2. The number of hydrogen-bond acceptors (Lipinski definition) is 2. The molecule has 1 aromatic carbocycles. The first-order valence-corrected chi connectivity index (χ1v) is 15.4. The third-order valence-electron chi connectivity index (χ3n) is 8.10. The van der Waals surface area contributed by atoms with Crippen LogP contribution in [-0.4, -0.2) is 43.0 Å². The maximum atomic E-state index is 13.0. The number of likely N-dealkylation sites (tertiary alicyclic amines) is 1. The molecule has 2 unspecified atom stereocenters. The van der Waals surface area contributed by atoms with Crippen LogP contribution in [0.2, 0.25) is 5.02 Å². The van der Waals surface area contributed by atoms with Gasteiger partial charge in [-0.25, -0.2) is 0 Å². The summed E-state index contributed by atoms with van der Waals surface area (Å²) in [5.41, 5.74) is 4.23. The lowest BCUT2D eigenvalue weighted by Gasteiger charge is -2.41. The lowest BCUT2D eigenvalue weighted by atomic mass is 9.73. The first kappa shape index (κ1) is 27.2. The van der Waals surface area contributed by atoms with Gasteiger partial charge in [-0.2, -0.15) is 0 Å². The molecule has 0 saturated carbocycles. The van der Waals surface area contributed by atoms with E-state index in [1.807, 2.05) is 13.8 Å². The average molecular weight is 629 g/mol. The van der Waals surface area contributed by atoms with Crippen LogP contribution in [-0.2, 0) is 11.2 Å². The van der Waals surface area contributed by atoms with E-state index >= 15 is 0 Å². The second-order valence-corrected chi connectivity index (χ2v) is 12.3. The molecular weight excluding hydrogens is 590 g/mol. The molecule has 3 heterocycles. The quantitative estimate of drug-likeness (QED) is 0.439. The normalized spacial score (nSPS) is 25.1. The monoisotopic (exact) mass is 626 g/mol. The Morgan fingerprint density at radius 1 is 1.11 bits per heavy atom. The average Bonchev–Trinajstić information content (AvgIpc) is 3.03. The van der Waals surface area contributed by atoms with Crippen LogP contribution in [0.3, 0.4) is 0 Å². The predicted octanol–water partition coefficient (Wildman–Crippen LogP) is 5.90. The number of hydrogen-bond donors (Lipinski definition) is 2. The summed E-state index contributed by atoms with van der Waals surface area (Å²) in [7, 11) is 0. The molecule has 4 aliphatic rings. The number of amides is 1. The van der Waals surface area contributed by atoms with E-state index in [0.717, 1.165) is 59.2 Å². The molecule has 0 bridgehead atoms. The standard InChI is InChI=1S/C26H32Br2ClN3O.C2H6/c27-20-12-19-2-1-18-13-21(29)14-22(28)24(18)25(26(19)31-15-20)17-5-9-32(10-6-17)23(33)11-16-3-7-30-8-4-16;1-2/h12-17,25-26,30-31H,1-11H2;1-2H3/p+1. The highest BCUT2D eigenvalue weighted by atomic mass is 79.9. The van der Waals surface area contributed by atoms with Crippen molar-refractivity contribution in [3.8, 4) is 0 Å². The number of rotatable bonds is 3. The Morgan fingerprint density at radius 2 is 1.83 bits per heavy atom. The van der Waals surface area contributed by atoms with Gasteiger partial charge in [0.05, 0.1) is 19.1 Å². The van der Waals surface area contributed by atoms with Crippen molar-refractivity contribution in [2.45, 2.75) is 70.8 Å². The minimum atomic E-state index is 0.288. The maximum Gasteiger partial charge on any atom is 0.222 e. The van der Waals surface area contributed by atoms with Crippen molar-refractivity contribution >= 4 is 49.4 Å². The Hall–Kier alpha value is -0.820. The fraction of sp³-hybridized carbons (Fsp3) is 0.607. The number of allylic oxidation sites excluding steroid dienone is 2. The van der Waals surface area contributed by atoms with Crippen molar-refractivity contribution in [2.75, 3.05) is 26.2 Å². The van der Waals surface area contributed by atoms with Crippen molar-refractivity contribution in [1.29, 1.82) is 0 Å². The summed E-state index contributed by atoms with van der Waals surface area (Å²) in [5, 5.41) is 6.89. The molecule has 35 heavy (non-hydrogen) atoms. The van der Waals surface area contributed by atoms with Crippen LogP contribution in [0.5, 0.6) is 0 Å². The third kappa shape index (κ3) is 6.37. The van der Waals surface area contributed by atoms with Crippen LogP contribution in [0.4, 0.5) is 0 Å². The number of carbonyl (C=O) groups excluding carboxylic acids is 1. The zero-order chi connectivity index (χ0) is 24.9. The molecule has 0 radical (unpaired) electrons. The molecule has 3 N–H and O–H groups in total. The van der Waals surface area contributed by atoms with E-state index in [0.29, 0.717) is 23.7 Å². The van der Waals surface area contributed by atoms with Crippen molar-refractivity contribution in [1.82, 2.24) is 10.2 Å². The highest BCUT2D eigenvalue weighted by Crippen LogP contribution is 2.47. The summed E-state index contributed by atoms with van der Waals surface area (Å²) in [6.07, 6.45) is 11.7. The maximum absolute atomic E-state index is 13.0. The van der Waals surface area contributed by atoms with Gasteiger partial charge in [-0.15, -0.1) is 0 Å². The van der Waals surface area contributed by atoms with E-state index in [4.69, 9.17) is 11.6 Å². The molecule has 1 aliphatic carbocycles. The SMILES string of the molecule is CC.O=C(CC1CC[NH2+]CC1)N1CCC(C2c3c(Br)cc(Cl)cc3CCC3=CC(Br)=CNC32)CC1. The summed E-state index contributed by atoms with van der Waals surface area (Å²) in [6, 6.07) is 4.50.